The highest BCUT2D eigenvalue weighted by Gasteiger charge is 1.90. The number of hydrogen-bond acceptors (Lipinski definition) is 0. The van der Waals surface area contributed by atoms with Gasteiger partial charge in [-0.2, -0.15) is 0 Å². The lowest BCUT2D eigenvalue weighted by atomic mass is 10.2. The third kappa shape index (κ3) is 4.07. The average molecular weight is 140 g/mol. The van der Waals surface area contributed by atoms with Crippen molar-refractivity contribution in [3.05, 3.63) is 35.7 Å². The maximum absolute atomic E-state index is 12.6. The Morgan fingerprint density at radius 2 is 1.70 bits per heavy atom. The average Bonchev–Trinajstić information content (AvgIpc) is 1.82. The van der Waals surface area contributed by atoms with Crippen LogP contribution in [0.4, 0.5) is 4.39 Å². The van der Waals surface area contributed by atoms with Crippen LogP contribution in [0.2, 0.25) is 0 Å². The Morgan fingerprint density at radius 3 is 2.00 bits per heavy atom. The highest BCUT2D eigenvalue weighted by Crippen LogP contribution is 2.07. The first kappa shape index (κ1) is 9.15. The van der Waals surface area contributed by atoms with Gasteiger partial charge in [0.2, 0.25) is 0 Å². The second-order valence-corrected chi connectivity index (χ2v) is 2.54. The summed E-state index contributed by atoms with van der Waals surface area (Å²) in [5.41, 5.74) is 1.55. The molecule has 0 atom stereocenters. The lowest BCUT2D eigenvalue weighted by Gasteiger charge is -1.90. The molecule has 0 amide bonds. The van der Waals surface area contributed by atoms with E-state index in [-0.39, 0.29) is 5.83 Å². The summed E-state index contributed by atoms with van der Waals surface area (Å²) in [6, 6.07) is 0. The molecular formula is C9H13F. The monoisotopic (exact) mass is 140 g/mol. The van der Waals surface area contributed by atoms with Crippen molar-refractivity contribution in [2.45, 2.75) is 20.8 Å². The van der Waals surface area contributed by atoms with E-state index in [9.17, 15) is 4.39 Å². The Hall–Kier alpha value is -0.850. The molecule has 0 bridgehead atoms. The van der Waals surface area contributed by atoms with Gasteiger partial charge in [-0.05, 0) is 32.4 Å². The second-order valence-electron chi connectivity index (χ2n) is 2.54. The number of halogens is 1. The summed E-state index contributed by atoms with van der Waals surface area (Å²) < 4.78 is 12.6. The third-order valence-electron chi connectivity index (χ3n) is 0.971. The molecule has 0 saturated heterocycles. The summed E-state index contributed by atoms with van der Waals surface area (Å²) >= 11 is 0. The van der Waals surface area contributed by atoms with Gasteiger partial charge in [-0.25, -0.2) is 4.39 Å². The zero-order valence-corrected chi connectivity index (χ0v) is 6.74. The van der Waals surface area contributed by atoms with Gasteiger partial charge in [-0.1, -0.05) is 18.2 Å². The summed E-state index contributed by atoms with van der Waals surface area (Å²) in [4.78, 5) is 0. The fourth-order valence-electron chi connectivity index (χ4n) is 0.382. The number of hydrogen-bond donors (Lipinski definition) is 0. The van der Waals surface area contributed by atoms with Crippen molar-refractivity contribution in [2.24, 2.45) is 0 Å². The van der Waals surface area contributed by atoms with E-state index in [0.717, 1.165) is 5.57 Å². The molecule has 0 aliphatic heterocycles. The molecule has 0 rings (SSSR count). The quantitative estimate of drug-likeness (QED) is 0.516. The molecule has 0 aliphatic rings. The molecule has 0 saturated carbocycles. The van der Waals surface area contributed by atoms with Crippen molar-refractivity contribution >= 4 is 0 Å². The fraction of sp³-hybridized carbons (Fsp3) is 0.333. The summed E-state index contributed by atoms with van der Waals surface area (Å²) in [6.45, 7) is 8.94. The summed E-state index contributed by atoms with van der Waals surface area (Å²) in [5, 5.41) is 0. The highest BCUT2D eigenvalue weighted by atomic mass is 19.1. The van der Waals surface area contributed by atoms with Crippen molar-refractivity contribution in [3.63, 3.8) is 0 Å². The van der Waals surface area contributed by atoms with Crippen LogP contribution < -0.4 is 0 Å². The topological polar surface area (TPSA) is 0 Å². The van der Waals surface area contributed by atoms with Crippen LogP contribution in [0.1, 0.15) is 20.8 Å². The number of rotatable bonds is 2. The first-order chi connectivity index (χ1) is 4.54. The Labute approximate surface area is 61.8 Å². The highest BCUT2D eigenvalue weighted by molar-refractivity contribution is 5.24. The molecule has 0 aromatic heterocycles. The van der Waals surface area contributed by atoms with E-state index in [1.807, 2.05) is 13.8 Å². The van der Waals surface area contributed by atoms with Crippen LogP contribution in [0.25, 0.3) is 0 Å². The molecule has 0 radical (unpaired) electrons. The van der Waals surface area contributed by atoms with Gasteiger partial charge < -0.3 is 0 Å². The van der Waals surface area contributed by atoms with Crippen molar-refractivity contribution in [2.75, 3.05) is 0 Å². The van der Waals surface area contributed by atoms with Gasteiger partial charge in [-0.3, -0.25) is 0 Å². The van der Waals surface area contributed by atoms with Gasteiger partial charge in [0.15, 0.2) is 0 Å². The minimum absolute atomic E-state index is 0.249. The second kappa shape index (κ2) is 4.04. The Kier molecular flexibility index (Phi) is 3.70. The first-order valence-electron chi connectivity index (χ1n) is 3.20. The molecule has 0 aromatic rings. The Bertz CT molecular complexity index is 181. The third-order valence-corrected chi connectivity index (χ3v) is 0.971. The van der Waals surface area contributed by atoms with Gasteiger partial charge in [0.25, 0.3) is 0 Å². The first-order valence-corrected chi connectivity index (χ1v) is 3.20. The van der Waals surface area contributed by atoms with Crippen molar-refractivity contribution in [3.8, 4) is 0 Å². The van der Waals surface area contributed by atoms with Crippen LogP contribution in [-0.4, -0.2) is 0 Å². The molecule has 0 unspecified atom stereocenters. The molecule has 0 nitrogen and oxygen atoms in total. The zero-order valence-electron chi connectivity index (χ0n) is 6.74. The van der Waals surface area contributed by atoms with Gasteiger partial charge in [0.1, 0.15) is 5.83 Å². The van der Waals surface area contributed by atoms with Gasteiger partial charge in [0.05, 0.1) is 0 Å². The molecule has 10 heavy (non-hydrogen) atoms. The SMILES string of the molecule is C=C(C)C(F)=CC=C(C)C. The van der Waals surface area contributed by atoms with Gasteiger partial charge in [0, 0.05) is 0 Å². The minimum atomic E-state index is -0.249. The zero-order chi connectivity index (χ0) is 8.15. The van der Waals surface area contributed by atoms with E-state index in [0.29, 0.717) is 5.57 Å². The van der Waals surface area contributed by atoms with E-state index in [4.69, 9.17) is 0 Å². The Balaban J connectivity index is 4.19. The molecule has 0 aromatic carbocycles. The normalized spacial score (nSPS) is 11.0. The van der Waals surface area contributed by atoms with Gasteiger partial charge in [-0.15, -0.1) is 0 Å². The van der Waals surface area contributed by atoms with E-state index < -0.39 is 0 Å². The fourth-order valence-corrected chi connectivity index (χ4v) is 0.382. The van der Waals surface area contributed by atoms with E-state index in [1.54, 1.807) is 13.0 Å². The van der Waals surface area contributed by atoms with Crippen molar-refractivity contribution in [1.29, 1.82) is 0 Å². The number of allylic oxidation sites excluding steroid dienone is 5. The standard InChI is InChI=1S/C9H13F/c1-7(2)5-6-9(10)8(3)4/h5-6H,3H2,1-2,4H3. The maximum Gasteiger partial charge on any atom is 0.125 e. The molecule has 1 heteroatoms. The van der Waals surface area contributed by atoms with Crippen molar-refractivity contribution in [1.82, 2.24) is 0 Å². The molecule has 0 fully saturated rings. The molecule has 0 heterocycles. The van der Waals surface area contributed by atoms with Crippen LogP contribution >= 0.6 is 0 Å². The molecule has 0 N–H and O–H groups in total. The summed E-state index contributed by atoms with van der Waals surface area (Å²) in [6.07, 6.45) is 3.15. The largest absolute Gasteiger partial charge is 0.207 e. The van der Waals surface area contributed by atoms with E-state index >= 15 is 0 Å². The minimum Gasteiger partial charge on any atom is -0.207 e. The summed E-state index contributed by atoms with van der Waals surface area (Å²) in [5.74, 6) is -0.249. The lowest BCUT2D eigenvalue weighted by Crippen LogP contribution is -1.72. The van der Waals surface area contributed by atoms with Crippen LogP contribution in [-0.2, 0) is 0 Å². The predicted molar refractivity (Wildman–Crippen MR) is 43.4 cm³/mol. The summed E-state index contributed by atoms with van der Waals surface area (Å²) in [7, 11) is 0. The lowest BCUT2D eigenvalue weighted by molar-refractivity contribution is 0.652. The van der Waals surface area contributed by atoms with Crippen LogP contribution in [0.5, 0.6) is 0 Å². The van der Waals surface area contributed by atoms with Crippen LogP contribution in [0.15, 0.2) is 35.7 Å². The predicted octanol–water partition coefficient (Wildman–Crippen LogP) is 3.38. The molecule has 56 valence electrons. The Morgan fingerprint density at radius 1 is 1.20 bits per heavy atom. The molecular weight excluding hydrogens is 127 g/mol. The van der Waals surface area contributed by atoms with Gasteiger partial charge >= 0.3 is 0 Å². The maximum atomic E-state index is 12.6. The smallest absolute Gasteiger partial charge is 0.125 e. The molecule has 0 aliphatic carbocycles. The van der Waals surface area contributed by atoms with Crippen molar-refractivity contribution < 1.29 is 4.39 Å². The van der Waals surface area contributed by atoms with Crippen LogP contribution in [0.3, 0.4) is 0 Å². The van der Waals surface area contributed by atoms with Crippen LogP contribution in [0, 0.1) is 0 Å². The molecule has 0 spiro atoms. The van der Waals surface area contributed by atoms with E-state index in [2.05, 4.69) is 6.58 Å². The van der Waals surface area contributed by atoms with E-state index in [1.165, 1.54) is 6.08 Å².